The summed E-state index contributed by atoms with van der Waals surface area (Å²) < 4.78 is 5.06. The van der Waals surface area contributed by atoms with Crippen molar-refractivity contribution < 1.29 is 14.3 Å². The highest BCUT2D eigenvalue weighted by atomic mass is 35.5. The van der Waals surface area contributed by atoms with Gasteiger partial charge in [-0.15, -0.1) is 0 Å². The second-order valence-electron chi connectivity index (χ2n) is 6.07. The first-order valence-corrected chi connectivity index (χ1v) is 9.32. The Kier molecular flexibility index (Phi) is 6.69. The Balaban J connectivity index is 1.60. The van der Waals surface area contributed by atoms with Crippen LogP contribution in [0.25, 0.3) is 0 Å². The van der Waals surface area contributed by atoms with E-state index in [1.54, 1.807) is 0 Å². The molecule has 0 saturated carbocycles. The van der Waals surface area contributed by atoms with E-state index in [-0.39, 0.29) is 10.6 Å². The minimum Gasteiger partial charge on any atom is -0.452 e. The van der Waals surface area contributed by atoms with E-state index in [0.29, 0.717) is 17.1 Å². The van der Waals surface area contributed by atoms with Gasteiger partial charge in [-0.25, -0.2) is 4.79 Å². The number of hydrogen-bond donors (Lipinski definition) is 1. The van der Waals surface area contributed by atoms with Crippen molar-refractivity contribution in [2.75, 3.05) is 11.9 Å². The summed E-state index contributed by atoms with van der Waals surface area (Å²) in [6, 6.07) is 21.9. The van der Waals surface area contributed by atoms with Gasteiger partial charge in [-0.3, -0.25) is 4.79 Å². The van der Waals surface area contributed by atoms with Crippen LogP contribution in [0.1, 0.15) is 21.5 Å². The fourth-order valence-corrected chi connectivity index (χ4v) is 2.93. The first-order valence-electron chi connectivity index (χ1n) is 8.57. The highest BCUT2D eigenvalue weighted by molar-refractivity contribution is 6.42. The number of carbonyl (C=O) groups is 2. The number of esters is 1. The number of para-hydroxylation sites is 1. The molecule has 3 rings (SSSR count). The molecule has 0 radical (unpaired) electrons. The molecule has 142 valence electrons. The highest BCUT2D eigenvalue weighted by Crippen LogP contribution is 2.23. The lowest BCUT2D eigenvalue weighted by Gasteiger charge is -2.12. The Bertz CT molecular complexity index is 990. The van der Waals surface area contributed by atoms with Gasteiger partial charge in [-0.2, -0.15) is 0 Å². The molecule has 0 aliphatic heterocycles. The molecule has 0 atom stereocenters. The zero-order chi connectivity index (χ0) is 19.9. The largest absolute Gasteiger partial charge is 0.452 e. The Morgan fingerprint density at radius 1 is 0.857 bits per heavy atom. The maximum absolute atomic E-state index is 12.2. The molecule has 0 aromatic heterocycles. The van der Waals surface area contributed by atoms with Gasteiger partial charge in [0.25, 0.3) is 5.91 Å². The van der Waals surface area contributed by atoms with Crippen molar-refractivity contribution in [1.29, 1.82) is 0 Å². The van der Waals surface area contributed by atoms with Gasteiger partial charge in [0.05, 0.1) is 15.6 Å². The predicted octanol–water partition coefficient (Wildman–Crippen LogP) is 5.38. The average molecular weight is 414 g/mol. The minimum absolute atomic E-state index is 0.228. The lowest BCUT2D eigenvalue weighted by atomic mass is 10.0. The van der Waals surface area contributed by atoms with Crippen LogP contribution in [0.2, 0.25) is 10.0 Å². The van der Waals surface area contributed by atoms with Crippen LogP contribution in [-0.2, 0) is 16.0 Å². The normalized spacial score (nSPS) is 10.4. The van der Waals surface area contributed by atoms with Crippen LogP contribution >= 0.6 is 23.2 Å². The van der Waals surface area contributed by atoms with Crippen LogP contribution in [0.4, 0.5) is 5.69 Å². The SMILES string of the molecule is O=C(COC(=O)c1ccc(Cl)c(Cl)c1)Nc1ccccc1Cc1ccccc1. The second-order valence-corrected chi connectivity index (χ2v) is 6.89. The van der Waals surface area contributed by atoms with E-state index in [4.69, 9.17) is 27.9 Å². The molecule has 3 aromatic carbocycles. The standard InChI is InChI=1S/C22H17Cl2NO3/c23-18-11-10-17(13-19(18)24)22(27)28-14-21(26)25-20-9-5-4-8-16(20)12-15-6-2-1-3-7-15/h1-11,13H,12,14H2,(H,25,26). The quantitative estimate of drug-likeness (QED) is 0.551. The highest BCUT2D eigenvalue weighted by Gasteiger charge is 2.13. The number of amides is 1. The van der Waals surface area contributed by atoms with Crippen LogP contribution in [0.5, 0.6) is 0 Å². The number of ether oxygens (including phenoxy) is 1. The molecule has 1 N–H and O–H groups in total. The summed E-state index contributed by atoms with van der Waals surface area (Å²) >= 11 is 11.7. The molecule has 0 unspecified atom stereocenters. The fourth-order valence-electron chi connectivity index (χ4n) is 2.64. The third kappa shape index (κ3) is 5.35. The molecule has 0 fully saturated rings. The molecule has 3 aromatic rings. The van der Waals surface area contributed by atoms with Crippen LogP contribution in [0, 0.1) is 0 Å². The summed E-state index contributed by atoms with van der Waals surface area (Å²) in [4.78, 5) is 24.3. The topological polar surface area (TPSA) is 55.4 Å². The van der Waals surface area contributed by atoms with Crippen molar-refractivity contribution in [3.05, 3.63) is 99.5 Å². The van der Waals surface area contributed by atoms with E-state index in [0.717, 1.165) is 11.1 Å². The Morgan fingerprint density at radius 3 is 2.32 bits per heavy atom. The van der Waals surface area contributed by atoms with E-state index in [2.05, 4.69) is 5.32 Å². The molecule has 0 spiro atoms. The van der Waals surface area contributed by atoms with Gasteiger partial charge in [0.2, 0.25) is 0 Å². The molecule has 28 heavy (non-hydrogen) atoms. The first kappa shape index (κ1) is 19.9. The fraction of sp³-hybridized carbons (Fsp3) is 0.0909. The van der Waals surface area contributed by atoms with E-state index in [9.17, 15) is 9.59 Å². The average Bonchev–Trinajstić information content (AvgIpc) is 2.70. The lowest BCUT2D eigenvalue weighted by Crippen LogP contribution is -2.21. The molecule has 0 aliphatic carbocycles. The summed E-state index contributed by atoms with van der Waals surface area (Å²) in [6.07, 6.45) is 0.681. The number of nitrogens with one attached hydrogen (secondary N) is 1. The third-order valence-electron chi connectivity index (χ3n) is 4.02. The number of halogens is 2. The third-order valence-corrected chi connectivity index (χ3v) is 4.76. The molecule has 4 nitrogen and oxygen atoms in total. The van der Waals surface area contributed by atoms with Gasteiger partial charge in [0.15, 0.2) is 6.61 Å². The van der Waals surface area contributed by atoms with Crippen molar-refractivity contribution in [2.24, 2.45) is 0 Å². The van der Waals surface area contributed by atoms with Gasteiger partial charge in [0, 0.05) is 5.69 Å². The van der Waals surface area contributed by atoms with Crippen LogP contribution in [0.3, 0.4) is 0 Å². The molecule has 1 amide bonds. The Labute approximate surface area is 173 Å². The van der Waals surface area contributed by atoms with Crippen LogP contribution in [-0.4, -0.2) is 18.5 Å². The van der Waals surface area contributed by atoms with Gasteiger partial charge < -0.3 is 10.1 Å². The number of rotatable bonds is 6. The summed E-state index contributed by atoms with van der Waals surface area (Å²) in [5, 5.41) is 3.38. The number of hydrogen-bond acceptors (Lipinski definition) is 3. The lowest BCUT2D eigenvalue weighted by molar-refractivity contribution is -0.119. The smallest absolute Gasteiger partial charge is 0.338 e. The maximum Gasteiger partial charge on any atom is 0.338 e. The van der Waals surface area contributed by atoms with E-state index < -0.39 is 18.5 Å². The first-order chi connectivity index (χ1) is 13.5. The summed E-state index contributed by atoms with van der Waals surface area (Å²) in [5.41, 5.74) is 3.02. The van der Waals surface area contributed by atoms with Crippen molar-refractivity contribution in [3.8, 4) is 0 Å². The van der Waals surface area contributed by atoms with Gasteiger partial charge >= 0.3 is 5.97 Å². The molecule has 0 aliphatic rings. The number of benzene rings is 3. The maximum atomic E-state index is 12.2. The van der Waals surface area contributed by atoms with Crippen LogP contribution < -0.4 is 5.32 Å². The number of carbonyl (C=O) groups excluding carboxylic acids is 2. The Hall–Kier alpha value is -2.82. The molecule has 0 saturated heterocycles. The second kappa shape index (κ2) is 9.40. The van der Waals surface area contributed by atoms with Crippen molar-refractivity contribution in [1.82, 2.24) is 0 Å². The van der Waals surface area contributed by atoms with Gasteiger partial charge in [-0.05, 0) is 41.8 Å². The van der Waals surface area contributed by atoms with Crippen LogP contribution in [0.15, 0.2) is 72.8 Å². The number of anilines is 1. The molecular weight excluding hydrogens is 397 g/mol. The zero-order valence-corrected chi connectivity index (χ0v) is 16.3. The van der Waals surface area contributed by atoms with Crippen molar-refractivity contribution >= 4 is 40.8 Å². The molecule has 6 heteroatoms. The van der Waals surface area contributed by atoms with Gasteiger partial charge in [0.1, 0.15) is 0 Å². The van der Waals surface area contributed by atoms with E-state index in [1.807, 2.05) is 54.6 Å². The predicted molar refractivity (Wildman–Crippen MR) is 111 cm³/mol. The van der Waals surface area contributed by atoms with E-state index >= 15 is 0 Å². The Morgan fingerprint density at radius 2 is 1.57 bits per heavy atom. The molecule has 0 heterocycles. The monoisotopic (exact) mass is 413 g/mol. The minimum atomic E-state index is -0.647. The van der Waals surface area contributed by atoms with Crippen molar-refractivity contribution in [3.63, 3.8) is 0 Å². The molecular formula is C22H17Cl2NO3. The summed E-state index contributed by atoms with van der Waals surface area (Å²) in [5.74, 6) is -1.07. The van der Waals surface area contributed by atoms with E-state index in [1.165, 1.54) is 18.2 Å². The summed E-state index contributed by atoms with van der Waals surface area (Å²) in [7, 11) is 0. The van der Waals surface area contributed by atoms with Gasteiger partial charge in [-0.1, -0.05) is 71.7 Å². The zero-order valence-electron chi connectivity index (χ0n) is 14.8. The van der Waals surface area contributed by atoms with Crippen molar-refractivity contribution in [2.45, 2.75) is 6.42 Å². The summed E-state index contributed by atoms with van der Waals surface area (Å²) in [6.45, 7) is -0.404. The molecule has 0 bridgehead atoms.